The summed E-state index contributed by atoms with van der Waals surface area (Å²) in [6.45, 7) is 1.16. The van der Waals surface area contributed by atoms with E-state index in [9.17, 15) is 23.9 Å². The molecule has 2 aliphatic heterocycles. The number of benzene rings is 3. The van der Waals surface area contributed by atoms with Gasteiger partial charge in [0.1, 0.15) is 23.1 Å². The van der Waals surface area contributed by atoms with Crippen LogP contribution in [0.3, 0.4) is 0 Å². The van der Waals surface area contributed by atoms with Gasteiger partial charge in [-0.2, -0.15) is 5.26 Å². The second-order valence-electron chi connectivity index (χ2n) is 9.76. The molecule has 2 aliphatic rings. The molecule has 5 N–H and O–H groups in total. The number of piperidine rings is 2. The predicted octanol–water partition coefficient (Wildman–Crippen LogP) is 3.67. The largest absolute Gasteiger partial charge is 0.384 e. The number of anilines is 1. The number of likely N-dealkylation sites (tertiary alicyclic amines) is 1. The fourth-order valence-corrected chi connectivity index (χ4v) is 5.59. The maximum Gasteiger partial charge on any atom is 0.321 e. The van der Waals surface area contributed by atoms with Crippen LogP contribution < -0.4 is 16.4 Å². The summed E-state index contributed by atoms with van der Waals surface area (Å²) in [5.74, 6) is -3.31. The lowest BCUT2D eigenvalue weighted by Crippen LogP contribution is -2.66. The number of nitriles is 1. The maximum absolute atomic E-state index is 15.6. The standard InChI is InChI=1S/C28H26F3N5O2/c29-21-7-22(30)9-23(8-21)35-27(37)36-14-19-12-34-13-20(15-36)28(19,38)25-4-2-17(6-26(25)31)24-3-1-16(10-32)5-18(24)11-33/h1-9,19-20,34,38H,10,12-15,32H2,(H,35,37)/t19-,20+,28?. The molecule has 2 heterocycles. The number of nitrogens with one attached hydrogen (secondary N) is 2. The highest BCUT2D eigenvalue weighted by Gasteiger charge is 2.53. The Kier molecular flexibility index (Phi) is 6.84. The SMILES string of the molecule is N#Cc1cc(CN)ccc1-c1ccc(C2(O)[C@@H]3CNC[C@H]2CN(C(=O)Nc2cc(F)cc(F)c2)C3)c(F)c1. The smallest absolute Gasteiger partial charge is 0.321 e. The number of aliphatic hydroxyl groups is 1. The average Bonchev–Trinajstić information content (AvgIpc) is 2.87. The van der Waals surface area contributed by atoms with Crippen molar-refractivity contribution in [3.05, 3.63) is 88.7 Å². The zero-order chi connectivity index (χ0) is 27.0. The molecule has 2 bridgehead atoms. The summed E-state index contributed by atoms with van der Waals surface area (Å²) < 4.78 is 42.7. The number of amides is 2. The Hall–Kier alpha value is -3.91. The third-order valence-electron chi connectivity index (χ3n) is 7.46. The molecule has 5 rings (SSSR count). The van der Waals surface area contributed by atoms with E-state index in [1.54, 1.807) is 30.3 Å². The van der Waals surface area contributed by atoms with E-state index in [1.165, 1.54) is 11.0 Å². The van der Waals surface area contributed by atoms with Crippen LogP contribution in [0.5, 0.6) is 0 Å². The molecule has 2 fully saturated rings. The number of nitrogens with zero attached hydrogens (tertiary/aromatic N) is 2. The van der Waals surface area contributed by atoms with Crippen LogP contribution in [0.15, 0.2) is 54.6 Å². The fraction of sp³-hybridized carbons (Fsp3) is 0.286. The molecular weight excluding hydrogens is 495 g/mol. The van der Waals surface area contributed by atoms with Gasteiger partial charge in [-0.25, -0.2) is 18.0 Å². The first-order chi connectivity index (χ1) is 18.2. The van der Waals surface area contributed by atoms with E-state index in [1.807, 2.05) is 0 Å². The van der Waals surface area contributed by atoms with E-state index in [-0.39, 0.29) is 30.9 Å². The van der Waals surface area contributed by atoms with Crippen molar-refractivity contribution < 1.29 is 23.1 Å². The third kappa shape index (κ3) is 4.60. The van der Waals surface area contributed by atoms with E-state index in [4.69, 9.17) is 5.73 Å². The van der Waals surface area contributed by atoms with Gasteiger partial charge in [0.2, 0.25) is 0 Å². The number of hydrogen-bond donors (Lipinski definition) is 4. The van der Waals surface area contributed by atoms with E-state index in [0.717, 1.165) is 17.7 Å². The molecular formula is C28H26F3N5O2. The van der Waals surface area contributed by atoms with Crippen LogP contribution in [-0.4, -0.2) is 42.2 Å². The molecule has 0 spiro atoms. The monoisotopic (exact) mass is 521 g/mol. The van der Waals surface area contributed by atoms with Gasteiger partial charge in [0.15, 0.2) is 0 Å². The van der Waals surface area contributed by atoms with Gasteiger partial charge < -0.3 is 26.4 Å². The highest BCUT2D eigenvalue weighted by molar-refractivity contribution is 5.89. The van der Waals surface area contributed by atoms with Crippen molar-refractivity contribution in [3.63, 3.8) is 0 Å². The first-order valence-electron chi connectivity index (χ1n) is 12.2. The predicted molar refractivity (Wildman–Crippen MR) is 135 cm³/mol. The summed E-state index contributed by atoms with van der Waals surface area (Å²) in [6.07, 6.45) is 0. The molecule has 3 aromatic rings. The van der Waals surface area contributed by atoms with Crippen molar-refractivity contribution in [1.82, 2.24) is 10.2 Å². The van der Waals surface area contributed by atoms with E-state index < -0.39 is 40.9 Å². The number of urea groups is 1. The Morgan fingerprint density at radius 3 is 2.37 bits per heavy atom. The second-order valence-corrected chi connectivity index (χ2v) is 9.76. The molecule has 0 aromatic heterocycles. The molecule has 2 amide bonds. The topological polar surface area (TPSA) is 114 Å². The van der Waals surface area contributed by atoms with E-state index in [0.29, 0.717) is 35.8 Å². The lowest BCUT2D eigenvalue weighted by atomic mass is 9.67. The van der Waals surface area contributed by atoms with Crippen LogP contribution in [0.2, 0.25) is 0 Å². The van der Waals surface area contributed by atoms with Crippen molar-refractivity contribution in [2.75, 3.05) is 31.5 Å². The number of halogens is 3. The molecule has 0 radical (unpaired) electrons. The molecule has 1 unspecified atom stereocenters. The first kappa shape index (κ1) is 25.7. The van der Waals surface area contributed by atoms with Gasteiger partial charge in [-0.1, -0.05) is 24.3 Å². The van der Waals surface area contributed by atoms with Crippen molar-refractivity contribution >= 4 is 11.7 Å². The molecule has 196 valence electrons. The van der Waals surface area contributed by atoms with E-state index >= 15 is 4.39 Å². The first-order valence-corrected chi connectivity index (χ1v) is 12.2. The third-order valence-corrected chi connectivity index (χ3v) is 7.46. The second kappa shape index (κ2) is 10.1. The lowest BCUT2D eigenvalue weighted by molar-refractivity contribution is -0.131. The highest BCUT2D eigenvalue weighted by Crippen LogP contribution is 2.45. The highest BCUT2D eigenvalue weighted by atomic mass is 19.1. The summed E-state index contributed by atoms with van der Waals surface area (Å²) in [7, 11) is 0. The quantitative estimate of drug-likeness (QED) is 0.418. The van der Waals surface area contributed by atoms with Crippen molar-refractivity contribution in [3.8, 4) is 17.2 Å². The molecule has 0 saturated carbocycles. The number of fused-ring (bicyclic) bond motifs is 2. The molecule has 10 heteroatoms. The Bertz CT molecular complexity index is 1410. The van der Waals surface area contributed by atoms with Crippen LogP contribution in [0, 0.1) is 40.6 Å². The van der Waals surface area contributed by atoms with Crippen LogP contribution in [-0.2, 0) is 12.1 Å². The summed E-state index contributed by atoms with van der Waals surface area (Å²) in [5, 5.41) is 27.2. The minimum atomic E-state index is -1.54. The van der Waals surface area contributed by atoms with Crippen LogP contribution in [0.25, 0.3) is 11.1 Å². The number of carbonyl (C=O) groups is 1. The summed E-state index contributed by atoms with van der Waals surface area (Å²) in [5.41, 5.74) is 6.45. The Balaban J connectivity index is 1.40. The number of nitrogens with two attached hydrogens (primary N) is 1. The number of carbonyl (C=O) groups excluding carboxylic acids is 1. The van der Waals surface area contributed by atoms with Gasteiger partial charge in [0, 0.05) is 61.9 Å². The van der Waals surface area contributed by atoms with Gasteiger partial charge >= 0.3 is 6.03 Å². The number of hydrogen-bond acceptors (Lipinski definition) is 5. The van der Waals surface area contributed by atoms with Gasteiger partial charge in [-0.15, -0.1) is 0 Å². The Morgan fingerprint density at radius 2 is 1.76 bits per heavy atom. The van der Waals surface area contributed by atoms with Gasteiger partial charge in [-0.05, 0) is 41.0 Å². The summed E-state index contributed by atoms with van der Waals surface area (Å²) >= 11 is 0. The average molecular weight is 522 g/mol. The number of rotatable bonds is 4. The lowest BCUT2D eigenvalue weighted by Gasteiger charge is -2.53. The zero-order valence-electron chi connectivity index (χ0n) is 20.3. The molecule has 0 aliphatic carbocycles. The molecule has 2 saturated heterocycles. The normalized spacial score (nSPS) is 22.6. The molecule has 7 nitrogen and oxygen atoms in total. The van der Waals surface area contributed by atoms with Crippen molar-refractivity contribution in [1.29, 1.82) is 5.26 Å². The van der Waals surface area contributed by atoms with Crippen LogP contribution in [0.4, 0.5) is 23.7 Å². The van der Waals surface area contributed by atoms with Gasteiger partial charge in [-0.3, -0.25) is 0 Å². The van der Waals surface area contributed by atoms with Gasteiger partial charge in [0.05, 0.1) is 11.6 Å². The minimum Gasteiger partial charge on any atom is -0.384 e. The van der Waals surface area contributed by atoms with Crippen molar-refractivity contribution in [2.45, 2.75) is 12.1 Å². The summed E-state index contributed by atoms with van der Waals surface area (Å²) in [6, 6.07) is 14.0. The maximum atomic E-state index is 15.6. The zero-order valence-corrected chi connectivity index (χ0v) is 20.3. The molecule has 3 atom stereocenters. The molecule has 38 heavy (non-hydrogen) atoms. The van der Waals surface area contributed by atoms with Crippen molar-refractivity contribution in [2.24, 2.45) is 17.6 Å². The van der Waals surface area contributed by atoms with Gasteiger partial charge in [0.25, 0.3) is 0 Å². The van der Waals surface area contributed by atoms with Crippen LogP contribution in [0.1, 0.15) is 16.7 Å². The molecule has 3 aromatic carbocycles. The fourth-order valence-electron chi connectivity index (χ4n) is 5.59. The van der Waals surface area contributed by atoms with E-state index in [2.05, 4.69) is 16.7 Å². The Labute approximate surface area is 217 Å². The van der Waals surface area contributed by atoms with Crippen LogP contribution >= 0.6 is 0 Å². The minimum absolute atomic E-state index is 0.0190. The Morgan fingerprint density at radius 1 is 1.08 bits per heavy atom. The summed E-state index contributed by atoms with van der Waals surface area (Å²) in [4.78, 5) is 14.4.